The van der Waals surface area contributed by atoms with Crippen molar-refractivity contribution in [1.29, 1.82) is 0 Å². The van der Waals surface area contributed by atoms with Gasteiger partial charge in [-0.3, -0.25) is 4.79 Å². The SMILES string of the molecule is C=C/C=C(O)\C(C)=C(/C)NC(C)=O.CC. The number of aliphatic hydroxyl groups excluding tert-OH is 1. The van der Waals surface area contributed by atoms with E-state index in [0.29, 0.717) is 11.3 Å². The van der Waals surface area contributed by atoms with E-state index >= 15 is 0 Å². The molecule has 0 aliphatic heterocycles. The van der Waals surface area contributed by atoms with E-state index in [1.807, 2.05) is 13.8 Å². The highest BCUT2D eigenvalue weighted by atomic mass is 16.3. The molecule has 0 spiro atoms. The molecule has 86 valence electrons. The molecule has 0 saturated carbocycles. The summed E-state index contributed by atoms with van der Waals surface area (Å²) in [5.74, 6) is -0.0375. The number of rotatable bonds is 3. The summed E-state index contributed by atoms with van der Waals surface area (Å²) in [7, 11) is 0. The monoisotopic (exact) mass is 211 g/mol. The minimum atomic E-state index is -0.150. The molecule has 0 unspecified atom stereocenters. The second-order valence-corrected chi connectivity index (χ2v) is 2.72. The highest BCUT2D eigenvalue weighted by molar-refractivity contribution is 5.75. The highest BCUT2D eigenvalue weighted by Gasteiger charge is 2.01. The van der Waals surface area contributed by atoms with Gasteiger partial charge in [0.2, 0.25) is 5.91 Å². The minimum absolute atomic E-state index is 0.112. The summed E-state index contributed by atoms with van der Waals surface area (Å²) in [6.45, 7) is 12.3. The number of nitrogens with one attached hydrogen (secondary N) is 1. The predicted octanol–water partition coefficient (Wildman–Crippen LogP) is 3.07. The number of amides is 1. The van der Waals surface area contributed by atoms with Crippen LogP contribution in [0.1, 0.15) is 34.6 Å². The first kappa shape index (κ1) is 15.9. The Morgan fingerprint density at radius 3 is 2.07 bits per heavy atom. The zero-order valence-corrected chi connectivity index (χ0v) is 10.2. The Kier molecular flexibility index (Phi) is 9.63. The molecule has 0 aliphatic rings. The normalized spacial score (nSPS) is 11.9. The summed E-state index contributed by atoms with van der Waals surface area (Å²) in [6, 6.07) is 0. The first-order chi connectivity index (χ1) is 6.99. The molecule has 0 atom stereocenters. The van der Waals surface area contributed by atoms with Crippen molar-refractivity contribution in [3.63, 3.8) is 0 Å². The molecule has 0 radical (unpaired) electrons. The van der Waals surface area contributed by atoms with E-state index in [0.717, 1.165) is 0 Å². The molecule has 3 heteroatoms. The lowest BCUT2D eigenvalue weighted by Crippen LogP contribution is -2.18. The van der Waals surface area contributed by atoms with Gasteiger partial charge >= 0.3 is 0 Å². The first-order valence-electron chi connectivity index (χ1n) is 4.96. The van der Waals surface area contributed by atoms with E-state index in [1.165, 1.54) is 19.1 Å². The van der Waals surface area contributed by atoms with Crippen LogP contribution in [-0.4, -0.2) is 11.0 Å². The zero-order valence-electron chi connectivity index (χ0n) is 10.2. The molecule has 0 bridgehead atoms. The maximum atomic E-state index is 10.7. The molecule has 0 fully saturated rings. The van der Waals surface area contributed by atoms with E-state index in [1.54, 1.807) is 13.8 Å². The van der Waals surface area contributed by atoms with E-state index in [4.69, 9.17) is 0 Å². The molecule has 1 amide bonds. The van der Waals surface area contributed by atoms with Crippen LogP contribution in [0.5, 0.6) is 0 Å². The van der Waals surface area contributed by atoms with Crippen molar-refractivity contribution in [3.8, 4) is 0 Å². The smallest absolute Gasteiger partial charge is 0.220 e. The number of hydrogen-bond donors (Lipinski definition) is 2. The lowest BCUT2D eigenvalue weighted by atomic mass is 10.2. The Hall–Kier alpha value is -1.51. The van der Waals surface area contributed by atoms with Crippen LogP contribution in [0.15, 0.2) is 35.8 Å². The molecule has 0 aliphatic carbocycles. The van der Waals surface area contributed by atoms with Crippen LogP contribution in [0.3, 0.4) is 0 Å². The number of carbonyl (C=O) groups excluding carboxylic acids is 1. The van der Waals surface area contributed by atoms with Crippen molar-refractivity contribution in [2.75, 3.05) is 0 Å². The Morgan fingerprint density at radius 2 is 1.73 bits per heavy atom. The Morgan fingerprint density at radius 1 is 1.27 bits per heavy atom. The Bertz CT molecular complexity index is 275. The van der Waals surface area contributed by atoms with E-state index in [2.05, 4.69) is 11.9 Å². The van der Waals surface area contributed by atoms with Crippen LogP contribution in [0, 0.1) is 0 Å². The standard InChI is InChI=1S/C10H15NO2.C2H6/c1-5-6-10(13)7(2)8(3)11-9(4)12;1-2/h5-6,13H,1H2,2-4H3,(H,11,12);1-2H3/b8-7+,10-6+;. The Labute approximate surface area is 92.2 Å². The van der Waals surface area contributed by atoms with Crippen molar-refractivity contribution < 1.29 is 9.90 Å². The summed E-state index contributed by atoms with van der Waals surface area (Å²) in [5.41, 5.74) is 1.28. The molecular formula is C12H21NO2. The Balaban J connectivity index is 0. The molecule has 0 aromatic carbocycles. The molecule has 15 heavy (non-hydrogen) atoms. The van der Waals surface area contributed by atoms with Crippen LogP contribution >= 0.6 is 0 Å². The van der Waals surface area contributed by atoms with Crippen molar-refractivity contribution in [1.82, 2.24) is 5.32 Å². The third-order valence-electron chi connectivity index (χ3n) is 1.59. The van der Waals surface area contributed by atoms with Gasteiger partial charge in [-0.15, -0.1) is 0 Å². The van der Waals surface area contributed by atoms with Gasteiger partial charge in [0.1, 0.15) is 5.76 Å². The van der Waals surface area contributed by atoms with Gasteiger partial charge in [-0.25, -0.2) is 0 Å². The van der Waals surface area contributed by atoms with E-state index in [9.17, 15) is 9.90 Å². The van der Waals surface area contributed by atoms with Gasteiger partial charge in [-0.2, -0.15) is 0 Å². The average molecular weight is 211 g/mol. The quantitative estimate of drug-likeness (QED) is 0.556. The molecule has 0 heterocycles. The topological polar surface area (TPSA) is 49.3 Å². The van der Waals surface area contributed by atoms with Gasteiger partial charge in [0.25, 0.3) is 0 Å². The van der Waals surface area contributed by atoms with E-state index < -0.39 is 0 Å². The maximum absolute atomic E-state index is 10.7. The molecular weight excluding hydrogens is 190 g/mol. The summed E-state index contributed by atoms with van der Waals surface area (Å²) in [6.07, 6.45) is 2.96. The third-order valence-corrected chi connectivity index (χ3v) is 1.59. The highest BCUT2D eigenvalue weighted by Crippen LogP contribution is 2.09. The first-order valence-corrected chi connectivity index (χ1v) is 4.96. The summed E-state index contributed by atoms with van der Waals surface area (Å²) < 4.78 is 0. The fourth-order valence-corrected chi connectivity index (χ4v) is 0.787. The molecule has 0 saturated heterocycles. The predicted molar refractivity (Wildman–Crippen MR) is 64.4 cm³/mol. The molecule has 2 N–H and O–H groups in total. The molecule has 3 nitrogen and oxygen atoms in total. The summed E-state index contributed by atoms with van der Waals surface area (Å²) in [5, 5.41) is 12.0. The van der Waals surface area contributed by atoms with Gasteiger partial charge < -0.3 is 10.4 Å². The largest absolute Gasteiger partial charge is 0.508 e. The van der Waals surface area contributed by atoms with Crippen LogP contribution in [0.4, 0.5) is 0 Å². The van der Waals surface area contributed by atoms with E-state index in [-0.39, 0.29) is 11.7 Å². The fraction of sp³-hybridized carbons (Fsp3) is 0.417. The van der Waals surface area contributed by atoms with Crippen LogP contribution in [-0.2, 0) is 4.79 Å². The van der Waals surface area contributed by atoms with Crippen molar-refractivity contribution in [3.05, 3.63) is 35.8 Å². The van der Waals surface area contributed by atoms with Crippen LogP contribution in [0.25, 0.3) is 0 Å². The zero-order chi connectivity index (χ0) is 12.4. The second kappa shape index (κ2) is 9.06. The molecule has 0 aromatic heterocycles. The summed E-state index contributed by atoms with van der Waals surface area (Å²) >= 11 is 0. The maximum Gasteiger partial charge on any atom is 0.220 e. The minimum Gasteiger partial charge on any atom is -0.508 e. The lowest BCUT2D eigenvalue weighted by molar-refractivity contribution is -0.118. The second-order valence-electron chi connectivity index (χ2n) is 2.72. The summed E-state index contributed by atoms with van der Waals surface area (Å²) in [4.78, 5) is 10.7. The van der Waals surface area contributed by atoms with Crippen LogP contribution in [0.2, 0.25) is 0 Å². The number of carbonyl (C=O) groups is 1. The van der Waals surface area contributed by atoms with Crippen molar-refractivity contribution in [2.24, 2.45) is 0 Å². The molecule has 0 rings (SSSR count). The van der Waals surface area contributed by atoms with Gasteiger partial charge in [0.15, 0.2) is 0 Å². The number of aliphatic hydroxyl groups is 1. The van der Waals surface area contributed by atoms with Gasteiger partial charge in [-0.05, 0) is 19.9 Å². The van der Waals surface area contributed by atoms with Gasteiger partial charge in [0.05, 0.1) is 0 Å². The number of hydrogen-bond acceptors (Lipinski definition) is 2. The third kappa shape index (κ3) is 7.55. The van der Waals surface area contributed by atoms with Gasteiger partial charge in [-0.1, -0.05) is 26.5 Å². The number of allylic oxidation sites excluding steroid dienone is 4. The van der Waals surface area contributed by atoms with Crippen LogP contribution < -0.4 is 5.32 Å². The van der Waals surface area contributed by atoms with Crippen molar-refractivity contribution in [2.45, 2.75) is 34.6 Å². The molecule has 0 aromatic rings. The average Bonchev–Trinajstić information content (AvgIpc) is 2.19. The van der Waals surface area contributed by atoms with Gasteiger partial charge in [0, 0.05) is 18.2 Å². The lowest BCUT2D eigenvalue weighted by Gasteiger charge is -2.06. The van der Waals surface area contributed by atoms with Crippen molar-refractivity contribution >= 4 is 5.91 Å². The fourth-order valence-electron chi connectivity index (χ4n) is 0.787.